The monoisotopic (exact) mass is 484 g/mol. The van der Waals surface area contributed by atoms with Gasteiger partial charge in [-0.25, -0.2) is 13.8 Å². The Morgan fingerprint density at radius 1 is 0.912 bits per heavy atom. The maximum Gasteiger partial charge on any atom is 0.507 e. The summed E-state index contributed by atoms with van der Waals surface area (Å²) >= 11 is 0. The number of nitrogens with zero attached hydrogens (tertiary/aromatic N) is 1. The third kappa shape index (κ3) is 4.63. The Morgan fingerprint density at radius 3 is 2.00 bits per heavy atom. The van der Waals surface area contributed by atoms with Crippen LogP contribution in [-0.2, 0) is 0 Å². The number of ether oxygens (including phenoxy) is 2. The van der Waals surface area contributed by atoms with Crippen LogP contribution in [0.3, 0.4) is 0 Å². The van der Waals surface area contributed by atoms with Crippen LogP contribution in [-0.4, -0.2) is 23.1 Å². The lowest BCUT2D eigenvalue weighted by Crippen LogP contribution is -2.52. The van der Waals surface area contributed by atoms with Crippen molar-refractivity contribution in [2.75, 3.05) is 5.32 Å². The second-order valence-electron chi connectivity index (χ2n) is 6.83. The second-order valence-corrected chi connectivity index (χ2v) is 6.83. The quantitative estimate of drug-likeness (QED) is 0.427. The van der Waals surface area contributed by atoms with Gasteiger partial charge in [-0.1, -0.05) is 19.9 Å². The molecule has 0 unspecified atom stereocenters. The summed E-state index contributed by atoms with van der Waals surface area (Å²) in [5.41, 5.74) is 0.294. The van der Waals surface area contributed by atoms with E-state index in [0.29, 0.717) is 16.7 Å². The fourth-order valence-corrected chi connectivity index (χ4v) is 3.05. The van der Waals surface area contributed by atoms with Crippen LogP contribution in [0.25, 0.3) is 11.1 Å². The lowest BCUT2D eigenvalue weighted by atomic mass is 10.0. The molecule has 180 valence electrons. The highest BCUT2D eigenvalue weighted by Gasteiger charge is 2.66. The van der Waals surface area contributed by atoms with Crippen LogP contribution in [0.15, 0.2) is 48.7 Å². The summed E-state index contributed by atoms with van der Waals surface area (Å²) in [7, 11) is 0. The van der Waals surface area contributed by atoms with Gasteiger partial charge in [0.1, 0.15) is 23.0 Å². The normalized spacial score (nSPS) is 15.1. The van der Waals surface area contributed by atoms with Crippen molar-refractivity contribution in [3.8, 4) is 22.6 Å². The molecule has 0 fully saturated rings. The van der Waals surface area contributed by atoms with Gasteiger partial charge in [-0.3, -0.25) is 4.79 Å². The topological polar surface area (TPSA) is 60.5 Å². The number of amides is 1. The molecule has 5 nitrogen and oxygen atoms in total. The van der Waals surface area contributed by atoms with Crippen molar-refractivity contribution in [3.05, 3.63) is 71.4 Å². The number of alkyl halides is 4. The first-order valence-electron chi connectivity index (χ1n) is 9.98. The lowest BCUT2D eigenvalue weighted by molar-refractivity contribution is -0.391. The van der Waals surface area contributed by atoms with Gasteiger partial charge >= 0.3 is 12.2 Å². The molecule has 2 heterocycles. The Labute approximate surface area is 190 Å². The van der Waals surface area contributed by atoms with Gasteiger partial charge in [0.25, 0.3) is 5.91 Å². The maximum atomic E-state index is 13.7. The van der Waals surface area contributed by atoms with E-state index < -0.39 is 46.8 Å². The number of nitrogens with one attached hydrogen (secondary N) is 1. The average molecular weight is 484 g/mol. The maximum absolute atomic E-state index is 13.7. The zero-order chi connectivity index (χ0) is 25.3. The number of aromatic nitrogens is 1. The third-order valence-corrected chi connectivity index (χ3v) is 4.61. The highest BCUT2D eigenvalue weighted by Crippen LogP contribution is 2.48. The van der Waals surface area contributed by atoms with Gasteiger partial charge in [0.05, 0.1) is 0 Å². The van der Waals surface area contributed by atoms with E-state index in [-0.39, 0.29) is 5.82 Å². The van der Waals surface area contributed by atoms with Crippen molar-refractivity contribution < 1.29 is 40.6 Å². The van der Waals surface area contributed by atoms with E-state index in [2.05, 4.69) is 19.8 Å². The fourth-order valence-electron chi connectivity index (χ4n) is 3.05. The van der Waals surface area contributed by atoms with E-state index >= 15 is 0 Å². The Hall–Kier alpha value is -3.76. The highest BCUT2D eigenvalue weighted by molar-refractivity contribution is 6.04. The van der Waals surface area contributed by atoms with Crippen LogP contribution in [0.1, 0.15) is 29.8 Å². The average Bonchev–Trinajstić information content (AvgIpc) is 2.76. The predicted molar refractivity (Wildman–Crippen MR) is 111 cm³/mol. The number of halogens is 6. The standard InChI is InChI=1S/C21H12F6N2O3.C2H6/c1-10-7-15-16(32-21(26,27)20(24,25)31-15)8-12(10)11-5-6-17(28-9-11)29-19(30)18-13(22)3-2-4-14(18)23;1-2/h2-9H,1H3,(H,28,29,30);1-2H3. The molecule has 1 N–H and O–H groups in total. The number of rotatable bonds is 3. The molecule has 1 amide bonds. The number of aryl methyl sites for hydroxylation is 1. The SMILES string of the molecule is CC.Cc1cc2c(cc1-c1ccc(NC(=O)c3c(F)cccc3F)nc1)OC(F)(F)C(F)(F)O2. The van der Waals surface area contributed by atoms with Crippen molar-refractivity contribution in [1.82, 2.24) is 4.98 Å². The molecule has 1 aromatic heterocycles. The fraction of sp³-hybridized carbons (Fsp3) is 0.217. The smallest absolute Gasteiger partial charge is 0.421 e. The van der Waals surface area contributed by atoms with Crippen LogP contribution in [0.4, 0.5) is 32.2 Å². The van der Waals surface area contributed by atoms with E-state index in [0.717, 1.165) is 30.3 Å². The van der Waals surface area contributed by atoms with Gasteiger partial charge in [0, 0.05) is 11.8 Å². The van der Waals surface area contributed by atoms with Gasteiger partial charge in [0.15, 0.2) is 11.5 Å². The van der Waals surface area contributed by atoms with Crippen molar-refractivity contribution in [3.63, 3.8) is 0 Å². The van der Waals surface area contributed by atoms with Crippen LogP contribution in [0, 0.1) is 18.6 Å². The molecule has 0 atom stereocenters. The molecule has 1 aliphatic rings. The van der Waals surface area contributed by atoms with E-state index in [1.54, 1.807) is 0 Å². The molecule has 0 radical (unpaired) electrons. The van der Waals surface area contributed by atoms with Gasteiger partial charge in [-0.2, -0.15) is 17.6 Å². The van der Waals surface area contributed by atoms with Crippen LogP contribution in [0.5, 0.6) is 11.5 Å². The number of carbonyl (C=O) groups excluding carboxylic acids is 1. The third-order valence-electron chi connectivity index (χ3n) is 4.61. The van der Waals surface area contributed by atoms with Gasteiger partial charge in [-0.15, -0.1) is 0 Å². The Balaban J connectivity index is 0.00000158. The zero-order valence-corrected chi connectivity index (χ0v) is 18.1. The molecular formula is C23H18F6N2O3. The number of pyridine rings is 1. The molecule has 0 saturated heterocycles. The van der Waals surface area contributed by atoms with E-state index in [4.69, 9.17) is 0 Å². The first kappa shape index (κ1) is 24.9. The summed E-state index contributed by atoms with van der Waals surface area (Å²) in [6.07, 6.45) is -8.44. The summed E-state index contributed by atoms with van der Waals surface area (Å²) < 4.78 is 89.3. The number of benzene rings is 2. The first-order chi connectivity index (χ1) is 16.0. The van der Waals surface area contributed by atoms with Crippen LogP contribution >= 0.6 is 0 Å². The predicted octanol–water partition coefficient (Wildman–Crippen LogP) is 6.57. The van der Waals surface area contributed by atoms with Crippen molar-refractivity contribution >= 4 is 11.7 Å². The summed E-state index contributed by atoms with van der Waals surface area (Å²) in [4.78, 5) is 16.1. The molecule has 0 spiro atoms. The molecule has 3 aromatic rings. The summed E-state index contributed by atoms with van der Waals surface area (Å²) in [5.74, 6) is -4.33. The van der Waals surface area contributed by atoms with Gasteiger partial charge < -0.3 is 14.8 Å². The van der Waals surface area contributed by atoms with Crippen LogP contribution in [0.2, 0.25) is 0 Å². The van der Waals surface area contributed by atoms with Gasteiger partial charge in [0.2, 0.25) is 0 Å². The summed E-state index contributed by atoms with van der Waals surface area (Å²) in [6, 6.07) is 7.93. The van der Waals surface area contributed by atoms with Crippen molar-refractivity contribution in [2.45, 2.75) is 33.0 Å². The molecular weight excluding hydrogens is 466 g/mol. The molecule has 1 aliphatic heterocycles. The largest absolute Gasteiger partial charge is 0.507 e. The number of fused-ring (bicyclic) bond motifs is 1. The number of hydrogen-bond acceptors (Lipinski definition) is 4. The minimum absolute atomic E-state index is 0.0391. The van der Waals surface area contributed by atoms with Crippen molar-refractivity contribution in [1.29, 1.82) is 0 Å². The van der Waals surface area contributed by atoms with Crippen LogP contribution < -0.4 is 14.8 Å². The number of carbonyl (C=O) groups is 1. The number of anilines is 1. The molecule has 2 aromatic carbocycles. The second kappa shape index (κ2) is 9.24. The van der Waals surface area contributed by atoms with Gasteiger partial charge in [-0.05, 0) is 54.4 Å². The Morgan fingerprint density at radius 2 is 1.47 bits per heavy atom. The summed E-state index contributed by atoms with van der Waals surface area (Å²) in [5, 5.41) is 2.25. The minimum Gasteiger partial charge on any atom is -0.421 e. The molecule has 0 saturated carbocycles. The Kier molecular flexibility index (Phi) is 6.76. The van der Waals surface area contributed by atoms with E-state index in [1.165, 1.54) is 25.3 Å². The molecule has 11 heteroatoms. The molecule has 0 aliphatic carbocycles. The lowest BCUT2D eigenvalue weighted by Gasteiger charge is -2.32. The molecule has 0 bridgehead atoms. The highest BCUT2D eigenvalue weighted by atomic mass is 19.3. The molecule has 34 heavy (non-hydrogen) atoms. The zero-order valence-electron chi connectivity index (χ0n) is 18.1. The molecule has 4 rings (SSSR count). The Bertz CT molecular complexity index is 1200. The first-order valence-corrected chi connectivity index (χ1v) is 9.98. The summed E-state index contributed by atoms with van der Waals surface area (Å²) in [6.45, 7) is 5.53. The van der Waals surface area contributed by atoms with E-state index in [9.17, 15) is 31.1 Å². The number of hydrogen-bond donors (Lipinski definition) is 1. The minimum atomic E-state index is -4.86. The van der Waals surface area contributed by atoms with E-state index in [1.807, 2.05) is 13.8 Å². The van der Waals surface area contributed by atoms with Crippen molar-refractivity contribution in [2.24, 2.45) is 0 Å².